The van der Waals surface area contributed by atoms with Crippen LogP contribution in [0.5, 0.6) is 0 Å². The molecule has 1 heterocycles. The summed E-state index contributed by atoms with van der Waals surface area (Å²) in [7, 11) is 4.03. The van der Waals surface area contributed by atoms with E-state index in [0.29, 0.717) is 17.3 Å². The third kappa shape index (κ3) is 4.53. The van der Waals surface area contributed by atoms with E-state index >= 15 is 0 Å². The second-order valence-corrected chi connectivity index (χ2v) is 6.28. The van der Waals surface area contributed by atoms with E-state index in [2.05, 4.69) is 39.2 Å². The molecule has 1 aromatic carbocycles. The molecule has 0 saturated carbocycles. The fourth-order valence-electron chi connectivity index (χ4n) is 2.36. The number of amides is 1. The SMILES string of the molecule is CSc1ncc(C(=O)NC[C@@H](c2ccccc2C)N(C)C)cn1. The number of carbonyl (C=O) groups excluding carboxylic acids is 1. The maximum Gasteiger partial charge on any atom is 0.254 e. The predicted octanol–water partition coefficient (Wildman–Crippen LogP) is 2.54. The molecule has 0 saturated heterocycles. The van der Waals surface area contributed by atoms with Crippen LogP contribution in [-0.4, -0.2) is 47.7 Å². The highest BCUT2D eigenvalue weighted by molar-refractivity contribution is 7.98. The van der Waals surface area contributed by atoms with Crippen molar-refractivity contribution in [2.75, 3.05) is 26.9 Å². The Labute approximate surface area is 141 Å². The highest BCUT2D eigenvalue weighted by Gasteiger charge is 2.17. The molecule has 1 aromatic heterocycles. The molecule has 0 spiro atoms. The molecule has 1 atom stereocenters. The van der Waals surface area contributed by atoms with E-state index in [1.165, 1.54) is 22.9 Å². The summed E-state index contributed by atoms with van der Waals surface area (Å²) < 4.78 is 0. The Morgan fingerprint density at radius 2 is 1.91 bits per heavy atom. The Morgan fingerprint density at radius 1 is 1.26 bits per heavy atom. The number of rotatable bonds is 6. The number of carbonyl (C=O) groups is 1. The van der Waals surface area contributed by atoms with Gasteiger partial charge in [0, 0.05) is 18.9 Å². The summed E-state index contributed by atoms with van der Waals surface area (Å²) in [5.41, 5.74) is 2.91. The van der Waals surface area contributed by atoms with Crippen LogP contribution in [0.15, 0.2) is 41.8 Å². The zero-order valence-electron chi connectivity index (χ0n) is 13.9. The molecule has 0 aliphatic heterocycles. The molecule has 0 bridgehead atoms. The highest BCUT2D eigenvalue weighted by Crippen LogP contribution is 2.21. The smallest absolute Gasteiger partial charge is 0.254 e. The minimum atomic E-state index is -0.155. The van der Waals surface area contributed by atoms with E-state index < -0.39 is 0 Å². The van der Waals surface area contributed by atoms with Crippen LogP contribution in [0.2, 0.25) is 0 Å². The van der Waals surface area contributed by atoms with Crippen LogP contribution in [0, 0.1) is 6.92 Å². The molecule has 2 rings (SSSR count). The normalized spacial score (nSPS) is 12.2. The van der Waals surface area contributed by atoms with Gasteiger partial charge in [0.2, 0.25) is 0 Å². The van der Waals surface area contributed by atoms with Crippen molar-refractivity contribution in [2.24, 2.45) is 0 Å². The van der Waals surface area contributed by atoms with Gasteiger partial charge >= 0.3 is 0 Å². The number of benzene rings is 1. The number of thioether (sulfide) groups is 1. The van der Waals surface area contributed by atoms with Crippen LogP contribution in [0.3, 0.4) is 0 Å². The Balaban J connectivity index is 2.06. The van der Waals surface area contributed by atoms with Crippen molar-refractivity contribution in [3.8, 4) is 0 Å². The monoisotopic (exact) mass is 330 g/mol. The van der Waals surface area contributed by atoms with Gasteiger partial charge in [-0.2, -0.15) is 0 Å². The Bertz CT molecular complexity index is 658. The first-order valence-corrected chi connectivity index (χ1v) is 8.61. The lowest BCUT2D eigenvalue weighted by atomic mass is 10.0. The molecule has 5 nitrogen and oxygen atoms in total. The molecule has 2 aromatic rings. The lowest BCUT2D eigenvalue weighted by Gasteiger charge is -2.26. The molecule has 23 heavy (non-hydrogen) atoms. The van der Waals surface area contributed by atoms with Crippen molar-refractivity contribution in [1.29, 1.82) is 0 Å². The van der Waals surface area contributed by atoms with Gasteiger partial charge in [0.25, 0.3) is 5.91 Å². The molecule has 1 amide bonds. The number of aromatic nitrogens is 2. The third-order valence-corrected chi connectivity index (χ3v) is 4.28. The zero-order chi connectivity index (χ0) is 16.8. The average Bonchev–Trinajstić information content (AvgIpc) is 2.56. The second kappa shape index (κ2) is 8.08. The summed E-state index contributed by atoms with van der Waals surface area (Å²) in [6, 6.07) is 8.35. The topological polar surface area (TPSA) is 58.1 Å². The molecular formula is C17H22N4OS. The first-order valence-electron chi connectivity index (χ1n) is 7.39. The van der Waals surface area contributed by atoms with E-state index in [9.17, 15) is 4.79 Å². The Hall–Kier alpha value is -1.92. The van der Waals surface area contributed by atoms with Gasteiger partial charge in [-0.05, 0) is 38.4 Å². The lowest BCUT2D eigenvalue weighted by Crippen LogP contribution is -2.35. The standard InChI is InChI=1S/C17H22N4OS/c1-12-7-5-6-8-14(12)15(21(2)3)11-18-16(22)13-9-19-17(23-4)20-10-13/h5-10,15H,11H2,1-4H3,(H,18,22)/t15-/m0/s1. The van der Waals surface area contributed by atoms with Crippen molar-refractivity contribution in [1.82, 2.24) is 20.2 Å². The van der Waals surface area contributed by atoms with Gasteiger partial charge in [0.05, 0.1) is 11.6 Å². The van der Waals surface area contributed by atoms with Crippen molar-refractivity contribution in [3.05, 3.63) is 53.3 Å². The number of hydrogen-bond acceptors (Lipinski definition) is 5. The van der Waals surface area contributed by atoms with Crippen LogP contribution >= 0.6 is 11.8 Å². The average molecular weight is 330 g/mol. The third-order valence-electron chi connectivity index (χ3n) is 3.70. The van der Waals surface area contributed by atoms with Crippen molar-refractivity contribution in [2.45, 2.75) is 18.1 Å². The van der Waals surface area contributed by atoms with Crippen LogP contribution in [0.4, 0.5) is 0 Å². The van der Waals surface area contributed by atoms with Gasteiger partial charge in [-0.3, -0.25) is 4.79 Å². The lowest BCUT2D eigenvalue weighted by molar-refractivity contribution is 0.0941. The fourth-order valence-corrected chi connectivity index (χ4v) is 2.68. The zero-order valence-corrected chi connectivity index (χ0v) is 14.7. The van der Waals surface area contributed by atoms with Gasteiger partial charge in [-0.1, -0.05) is 36.0 Å². The second-order valence-electron chi connectivity index (χ2n) is 5.50. The van der Waals surface area contributed by atoms with E-state index in [1.807, 2.05) is 32.5 Å². The van der Waals surface area contributed by atoms with E-state index in [1.54, 1.807) is 12.4 Å². The number of aryl methyl sites for hydroxylation is 1. The molecule has 1 N–H and O–H groups in total. The Kier molecular flexibility index (Phi) is 6.12. The van der Waals surface area contributed by atoms with Gasteiger partial charge in [0.15, 0.2) is 5.16 Å². The minimum Gasteiger partial charge on any atom is -0.350 e. The van der Waals surface area contributed by atoms with E-state index in [-0.39, 0.29) is 11.9 Å². The van der Waals surface area contributed by atoms with Gasteiger partial charge in [-0.25, -0.2) is 9.97 Å². The molecule has 0 radical (unpaired) electrons. The summed E-state index contributed by atoms with van der Waals surface area (Å²) in [6.07, 6.45) is 5.03. The van der Waals surface area contributed by atoms with Crippen LogP contribution in [-0.2, 0) is 0 Å². The molecule has 0 fully saturated rings. The molecule has 122 valence electrons. The molecule has 0 unspecified atom stereocenters. The number of hydrogen-bond donors (Lipinski definition) is 1. The van der Waals surface area contributed by atoms with Crippen molar-refractivity contribution >= 4 is 17.7 Å². The maximum absolute atomic E-state index is 12.3. The summed E-state index contributed by atoms with van der Waals surface area (Å²) in [6.45, 7) is 2.61. The summed E-state index contributed by atoms with van der Waals surface area (Å²) >= 11 is 1.45. The van der Waals surface area contributed by atoms with Crippen molar-refractivity contribution in [3.63, 3.8) is 0 Å². The maximum atomic E-state index is 12.3. The molecular weight excluding hydrogens is 308 g/mol. The largest absolute Gasteiger partial charge is 0.350 e. The van der Waals surface area contributed by atoms with Gasteiger partial charge < -0.3 is 10.2 Å². The van der Waals surface area contributed by atoms with Gasteiger partial charge in [-0.15, -0.1) is 0 Å². The van der Waals surface area contributed by atoms with E-state index in [4.69, 9.17) is 0 Å². The fraction of sp³-hybridized carbons (Fsp3) is 0.353. The van der Waals surface area contributed by atoms with Crippen LogP contribution < -0.4 is 5.32 Å². The summed E-state index contributed by atoms with van der Waals surface area (Å²) in [5, 5.41) is 3.64. The van der Waals surface area contributed by atoms with Gasteiger partial charge in [0.1, 0.15) is 0 Å². The number of nitrogens with zero attached hydrogens (tertiary/aromatic N) is 3. The minimum absolute atomic E-state index is 0.117. The number of nitrogens with one attached hydrogen (secondary N) is 1. The summed E-state index contributed by atoms with van der Waals surface area (Å²) in [4.78, 5) is 22.6. The predicted molar refractivity (Wildman–Crippen MR) is 93.8 cm³/mol. The van der Waals surface area contributed by atoms with Crippen molar-refractivity contribution < 1.29 is 4.79 Å². The first kappa shape index (κ1) is 17.4. The van der Waals surface area contributed by atoms with Crippen LogP contribution in [0.25, 0.3) is 0 Å². The molecule has 6 heteroatoms. The van der Waals surface area contributed by atoms with Crippen LogP contribution in [0.1, 0.15) is 27.5 Å². The molecule has 0 aliphatic rings. The number of likely N-dealkylation sites (N-methyl/N-ethyl adjacent to an activating group) is 1. The molecule has 0 aliphatic carbocycles. The quantitative estimate of drug-likeness (QED) is 0.651. The first-order chi connectivity index (χ1) is 11.0. The Morgan fingerprint density at radius 3 is 2.48 bits per heavy atom. The summed E-state index contributed by atoms with van der Waals surface area (Å²) in [5.74, 6) is -0.155. The highest BCUT2D eigenvalue weighted by atomic mass is 32.2. The van der Waals surface area contributed by atoms with E-state index in [0.717, 1.165) is 0 Å².